The van der Waals surface area contributed by atoms with Crippen molar-refractivity contribution >= 4 is 22.9 Å². The van der Waals surface area contributed by atoms with Gasteiger partial charge in [-0.1, -0.05) is 24.4 Å². The van der Waals surface area contributed by atoms with Crippen molar-refractivity contribution in [1.29, 1.82) is 0 Å². The fraction of sp³-hybridized carbons (Fsp3) is 0.636. The molecule has 1 aliphatic rings. The first-order valence-corrected chi connectivity index (χ1v) is 6.69. The van der Waals surface area contributed by atoms with Gasteiger partial charge in [-0.3, -0.25) is 0 Å². The van der Waals surface area contributed by atoms with Crippen molar-refractivity contribution < 1.29 is 0 Å². The van der Waals surface area contributed by atoms with E-state index in [1.807, 2.05) is 12.1 Å². The fourth-order valence-electron chi connectivity index (χ4n) is 2.05. The first kappa shape index (κ1) is 11.4. The summed E-state index contributed by atoms with van der Waals surface area (Å²) in [6, 6.07) is 4.71. The van der Waals surface area contributed by atoms with E-state index in [1.54, 1.807) is 11.3 Å². The van der Waals surface area contributed by atoms with Gasteiger partial charge in [0.15, 0.2) is 0 Å². The number of thiophene rings is 1. The predicted molar refractivity (Wildman–Crippen MR) is 66.5 cm³/mol. The summed E-state index contributed by atoms with van der Waals surface area (Å²) in [7, 11) is 0. The molecule has 1 heterocycles. The average molecular weight is 245 g/mol. The van der Waals surface area contributed by atoms with Crippen LogP contribution in [0.2, 0.25) is 4.34 Å². The maximum atomic E-state index is 6.08. The standard InChI is InChI=1S/C11H17ClN2S/c12-11-6-5-10(15-11)9(13)7-14-8-3-1-2-4-8/h5-6,8-9,14H,1-4,7,13H2. The van der Waals surface area contributed by atoms with E-state index in [4.69, 9.17) is 17.3 Å². The molecule has 1 saturated carbocycles. The lowest BCUT2D eigenvalue weighted by Crippen LogP contribution is -2.33. The van der Waals surface area contributed by atoms with Crippen molar-refractivity contribution in [1.82, 2.24) is 5.32 Å². The molecule has 0 spiro atoms. The van der Waals surface area contributed by atoms with Crippen molar-refractivity contribution in [2.45, 2.75) is 37.8 Å². The summed E-state index contributed by atoms with van der Waals surface area (Å²) in [5, 5.41) is 3.53. The highest BCUT2D eigenvalue weighted by atomic mass is 35.5. The second kappa shape index (κ2) is 5.30. The molecule has 1 unspecified atom stereocenters. The van der Waals surface area contributed by atoms with Crippen LogP contribution in [0.1, 0.15) is 36.6 Å². The fourth-order valence-corrected chi connectivity index (χ4v) is 3.11. The van der Waals surface area contributed by atoms with Crippen molar-refractivity contribution in [2.24, 2.45) is 5.73 Å². The van der Waals surface area contributed by atoms with E-state index >= 15 is 0 Å². The molecule has 1 aromatic rings. The van der Waals surface area contributed by atoms with Gasteiger partial charge in [-0.15, -0.1) is 11.3 Å². The molecule has 0 amide bonds. The Morgan fingerprint density at radius 3 is 2.80 bits per heavy atom. The highest BCUT2D eigenvalue weighted by molar-refractivity contribution is 7.16. The highest BCUT2D eigenvalue weighted by Gasteiger charge is 2.16. The minimum atomic E-state index is 0.0862. The van der Waals surface area contributed by atoms with Gasteiger partial charge in [0.2, 0.25) is 0 Å². The van der Waals surface area contributed by atoms with Crippen LogP contribution in [0.4, 0.5) is 0 Å². The molecule has 3 N–H and O–H groups in total. The van der Waals surface area contributed by atoms with E-state index in [-0.39, 0.29) is 6.04 Å². The molecule has 0 aromatic carbocycles. The number of nitrogens with one attached hydrogen (secondary N) is 1. The molecule has 1 aliphatic carbocycles. The van der Waals surface area contributed by atoms with Crippen molar-refractivity contribution in [3.63, 3.8) is 0 Å². The molecule has 15 heavy (non-hydrogen) atoms. The second-order valence-corrected chi connectivity index (χ2v) is 5.88. The first-order valence-electron chi connectivity index (χ1n) is 5.50. The number of hydrogen-bond acceptors (Lipinski definition) is 3. The minimum Gasteiger partial charge on any atom is -0.322 e. The Labute approximate surface area is 99.8 Å². The van der Waals surface area contributed by atoms with Gasteiger partial charge in [-0.2, -0.15) is 0 Å². The Morgan fingerprint density at radius 2 is 2.20 bits per heavy atom. The summed E-state index contributed by atoms with van der Waals surface area (Å²) in [6.07, 6.45) is 5.32. The molecular weight excluding hydrogens is 228 g/mol. The van der Waals surface area contributed by atoms with Gasteiger partial charge in [0.05, 0.1) is 10.4 Å². The number of halogens is 1. The zero-order chi connectivity index (χ0) is 10.7. The first-order chi connectivity index (χ1) is 7.25. The van der Waals surface area contributed by atoms with E-state index in [9.17, 15) is 0 Å². The molecule has 2 nitrogen and oxygen atoms in total. The second-order valence-electron chi connectivity index (χ2n) is 4.14. The van der Waals surface area contributed by atoms with E-state index in [2.05, 4.69) is 5.32 Å². The minimum absolute atomic E-state index is 0.0862. The maximum absolute atomic E-state index is 6.08. The molecule has 0 aliphatic heterocycles. The predicted octanol–water partition coefficient (Wildman–Crippen LogP) is 2.93. The zero-order valence-corrected chi connectivity index (χ0v) is 10.3. The summed E-state index contributed by atoms with van der Waals surface area (Å²) < 4.78 is 0.821. The average Bonchev–Trinajstić information content (AvgIpc) is 2.84. The highest BCUT2D eigenvalue weighted by Crippen LogP contribution is 2.26. The molecule has 1 atom stereocenters. The van der Waals surface area contributed by atoms with Crippen molar-refractivity contribution in [3.05, 3.63) is 21.3 Å². The molecular formula is C11H17ClN2S. The molecule has 1 aromatic heterocycles. The van der Waals surface area contributed by atoms with Crippen LogP contribution in [0.25, 0.3) is 0 Å². The molecule has 0 radical (unpaired) electrons. The third kappa shape index (κ3) is 3.18. The Kier molecular flexibility index (Phi) is 4.03. The van der Waals surface area contributed by atoms with Gasteiger partial charge in [0, 0.05) is 17.5 Å². The van der Waals surface area contributed by atoms with Crippen LogP contribution >= 0.6 is 22.9 Å². The van der Waals surface area contributed by atoms with Gasteiger partial charge < -0.3 is 11.1 Å². The van der Waals surface area contributed by atoms with E-state index in [0.29, 0.717) is 6.04 Å². The lowest BCUT2D eigenvalue weighted by atomic mass is 10.2. The summed E-state index contributed by atoms with van der Waals surface area (Å²) in [4.78, 5) is 1.17. The topological polar surface area (TPSA) is 38.0 Å². The third-order valence-corrected chi connectivity index (χ3v) is 4.30. The van der Waals surface area contributed by atoms with Crippen LogP contribution in [0.5, 0.6) is 0 Å². The quantitative estimate of drug-likeness (QED) is 0.855. The van der Waals surface area contributed by atoms with Gasteiger partial charge >= 0.3 is 0 Å². The Morgan fingerprint density at radius 1 is 1.47 bits per heavy atom. The number of nitrogens with two attached hydrogens (primary N) is 1. The van der Waals surface area contributed by atoms with Crippen molar-refractivity contribution in [2.75, 3.05) is 6.54 Å². The summed E-state index contributed by atoms with van der Waals surface area (Å²) in [6.45, 7) is 0.863. The maximum Gasteiger partial charge on any atom is 0.0931 e. The largest absolute Gasteiger partial charge is 0.322 e. The molecule has 0 saturated heterocycles. The van der Waals surface area contributed by atoms with Crippen LogP contribution in [-0.2, 0) is 0 Å². The molecule has 4 heteroatoms. The summed E-state index contributed by atoms with van der Waals surface area (Å²) >= 11 is 7.45. The number of rotatable bonds is 4. The van der Waals surface area contributed by atoms with Gasteiger partial charge in [0.25, 0.3) is 0 Å². The van der Waals surface area contributed by atoms with E-state index in [1.165, 1.54) is 30.6 Å². The zero-order valence-electron chi connectivity index (χ0n) is 8.71. The summed E-state index contributed by atoms with van der Waals surface area (Å²) in [5.41, 5.74) is 6.08. The van der Waals surface area contributed by atoms with Crippen LogP contribution in [0.3, 0.4) is 0 Å². The number of hydrogen-bond donors (Lipinski definition) is 2. The van der Waals surface area contributed by atoms with Crippen LogP contribution in [0.15, 0.2) is 12.1 Å². The van der Waals surface area contributed by atoms with Gasteiger partial charge in [-0.05, 0) is 25.0 Å². The van der Waals surface area contributed by atoms with E-state index < -0.39 is 0 Å². The van der Waals surface area contributed by atoms with Crippen LogP contribution in [-0.4, -0.2) is 12.6 Å². The van der Waals surface area contributed by atoms with Gasteiger partial charge in [0.1, 0.15) is 0 Å². The smallest absolute Gasteiger partial charge is 0.0931 e. The molecule has 2 rings (SSSR count). The molecule has 0 bridgehead atoms. The normalized spacial score (nSPS) is 19.6. The van der Waals surface area contributed by atoms with Gasteiger partial charge in [-0.25, -0.2) is 0 Å². The Bertz CT molecular complexity index is 307. The Hall–Kier alpha value is -0.0900. The summed E-state index contributed by atoms with van der Waals surface area (Å²) in [5.74, 6) is 0. The lowest BCUT2D eigenvalue weighted by Gasteiger charge is -2.15. The van der Waals surface area contributed by atoms with E-state index in [0.717, 1.165) is 10.9 Å². The Balaban J connectivity index is 1.79. The SMILES string of the molecule is NC(CNC1CCCC1)c1ccc(Cl)s1. The van der Waals surface area contributed by atoms with Crippen LogP contribution in [0, 0.1) is 0 Å². The lowest BCUT2D eigenvalue weighted by molar-refractivity contribution is 0.495. The van der Waals surface area contributed by atoms with Crippen LogP contribution < -0.4 is 11.1 Å². The monoisotopic (exact) mass is 244 g/mol. The molecule has 1 fully saturated rings. The third-order valence-electron chi connectivity index (χ3n) is 2.94. The molecule has 84 valence electrons. The van der Waals surface area contributed by atoms with Crippen molar-refractivity contribution in [3.8, 4) is 0 Å².